The normalized spacial score (nSPS) is 10.1. The Bertz CT molecular complexity index is 302. The molecule has 0 spiro atoms. The number of ether oxygens (including phenoxy) is 2. The van der Waals surface area contributed by atoms with E-state index in [-0.39, 0.29) is 6.61 Å². The lowest BCUT2D eigenvalue weighted by molar-refractivity contribution is 0.233. The minimum Gasteiger partial charge on any atom is -0.496 e. The van der Waals surface area contributed by atoms with Gasteiger partial charge in [-0.2, -0.15) is 0 Å². The molecule has 0 aliphatic heterocycles. The summed E-state index contributed by atoms with van der Waals surface area (Å²) in [5, 5.41) is 8.61. The summed E-state index contributed by atoms with van der Waals surface area (Å²) < 4.78 is 10.6. The van der Waals surface area contributed by atoms with Crippen molar-refractivity contribution in [3.05, 3.63) is 23.8 Å². The van der Waals surface area contributed by atoms with Crippen LogP contribution in [0.3, 0.4) is 0 Å². The second kappa shape index (κ2) is 6.27. The van der Waals surface area contributed by atoms with Crippen molar-refractivity contribution >= 4 is 0 Å². The van der Waals surface area contributed by atoms with E-state index in [9.17, 15) is 0 Å². The van der Waals surface area contributed by atoms with Crippen LogP contribution in [-0.4, -0.2) is 25.4 Å². The molecule has 4 heteroatoms. The molecule has 0 aliphatic rings. The zero-order chi connectivity index (χ0) is 11.1. The minimum atomic E-state index is 0.137. The van der Waals surface area contributed by atoms with E-state index in [2.05, 4.69) is 0 Å². The molecular weight excluding hydrogens is 194 g/mol. The molecule has 1 rings (SSSR count). The monoisotopic (exact) mass is 211 g/mol. The van der Waals surface area contributed by atoms with Crippen LogP contribution >= 0.6 is 0 Å². The highest BCUT2D eigenvalue weighted by molar-refractivity contribution is 5.40. The van der Waals surface area contributed by atoms with Crippen molar-refractivity contribution in [1.29, 1.82) is 0 Å². The number of aliphatic hydroxyl groups excluding tert-OH is 1. The van der Waals surface area contributed by atoms with Gasteiger partial charge in [-0.25, -0.2) is 0 Å². The van der Waals surface area contributed by atoms with Crippen molar-refractivity contribution in [3.63, 3.8) is 0 Å². The second-order valence-electron chi connectivity index (χ2n) is 3.10. The molecular formula is C11H17NO3. The molecule has 15 heavy (non-hydrogen) atoms. The van der Waals surface area contributed by atoms with E-state index in [0.29, 0.717) is 19.6 Å². The number of hydrogen-bond acceptors (Lipinski definition) is 4. The fourth-order valence-electron chi connectivity index (χ4n) is 1.24. The van der Waals surface area contributed by atoms with Crippen LogP contribution in [0.1, 0.15) is 12.0 Å². The Morgan fingerprint density at radius 1 is 1.40 bits per heavy atom. The van der Waals surface area contributed by atoms with Crippen LogP contribution < -0.4 is 15.2 Å². The molecule has 0 atom stereocenters. The largest absolute Gasteiger partial charge is 0.496 e. The highest BCUT2D eigenvalue weighted by atomic mass is 16.5. The Morgan fingerprint density at radius 2 is 2.20 bits per heavy atom. The van der Waals surface area contributed by atoms with Gasteiger partial charge in [-0.3, -0.25) is 0 Å². The number of aliphatic hydroxyl groups is 1. The number of benzene rings is 1. The Balaban J connectivity index is 2.66. The maximum Gasteiger partial charge on any atom is 0.127 e. The molecule has 0 heterocycles. The lowest BCUT2D eigenvalue weighted by atomic mass is 10.2. The Labute approximate surface area is 89.6 Å². The highest BCUT2D eigenvalue weighted by Crippen LogP contribution is 2.24. The predicted octanol–water partition coefficient (Wildman–Crippen LogP) is 0.915. The third-order valence-electron chi connectivity index (χ3n) is 2.05. The van der Waals surface area contributed by atoms with Crippen LogP contribution in [-0.2, 0) is 6.54 Å². The third kappa shape index (κ3) is 3.42. The summed E-state index contributed by atoms with van der Waals surface area (Å²) in [5.74, 6) is 1.47. The van der Waals surface area contributed by atoms with E-state index in [0.717, 1.165) is 17.1 Å². The predicted molar refractivity (Wildman–Crippen MR) is 58.1 cm³/mol. The number of hydrogen-bond donors (Lipinski definition) is 2. The van der Waals surface area contributed by atoms with Gasteiger partial charge in [-0.15, -0.1) is 0 Å². The van der Waals surface area contributed by atoms with Gasteiger partial charge >= 0.3 is 0 Å². The van der Waals surface area contributed by atoms with Crippen LogP contribution in [0.4, 0.5) is 0 Å². The summed E-state index contributed by atoms with van der Waals surface area (Å²) in [4.78, 5) is 0. The number of methoxy groups -OCH3 is 1. The van der Waals surface area contributed by atoms with Gasteiger partial charge in [-0.05, 0) is 6.07 Å². The van der Waals surface area contributed by atoms with E-state index >= 15 is 0 Å². The maximum absolute atomic E-state index is 8.61. The standard InChI is InChI=1S/C11H17NO3/c1-14-11-7-10(15-6-2-5-13)4-3-9(11)8-12/h3-4,7,13H,2,5-6,8,12H2,1H3. The van der Waals surface area contributed by atoms with Gasteiger partial charge in [0.1, 0.15) is 11.5 Å². The van der Waals surface area contributed by atoms with Crippen LogP contribution in [0.15, 0.2) is 18.2 Å². The topological polar surface area (TPSA) is 64.7 Å². The molecule has 0 radical (unpaired) electrons. The summed E-state index contributed by atoms with van der Waals surface area (Å²) in [7, 11) is 1.60. The fraction of sp³-hybridized carbons (Fsp3) is 0.455. The van der Waals surface area contributed by atoms with Crippen molar-refractivity contribution in [1.82, 2.24) is 0 Å². The van der Waals surface area contributed by atoms with Crippen LogP contribution in [0.25, 0.3) is 0 Å². The quantitative estimate of drug-likeness (QED) is 0.687. The average Bonchev–Trinajstić information content (AvgIpc) is 2.29. The van der Waals surface area contributed by atoms with Crippen molar-refractivity contribution < 1.29 is 14.6 Å². The van der Waals surface area contributed by atoms with Crippen molar-refractivity contribution in [3.8, 4) is 11.5 Å². The van der Waals surface area contributed by atoms with Gasteiger partial charge in [0.25, 0.3) is 0 Å². The molecule has 0 unspecified atom stereocenters. The zero-order valence-electron chi connectivity index (χ0n) is 8.90. The van der Waals surface area contributed by atoms with E-state index in [1.165, 1.54) is 0 Å². The van der Waals surface area contributed by atoms with Gasteiger partial charge < -0.3 is 20.3 Å². The summed E-state index contributed by atoms with van der Waals surface area (Å²) in [6, 6.07) is 5.54. The average molecular weight is 211 g/mol. The lowest BCUT2D eigenvalue weighted by Gasteiger charge is -2.10. The fourth-order valence-corrected chi connectivity index (χ4v) is 1.24. The molecule has 0 saturated carbocycles. The van der Waals surface area contributed by atoms with Crippen molar-refractivity contribution in [2.75, 3.05) is 20.3 Å². The second-order valence-corrected chi connectivity index (χ2v) is 3.10. The summed E-state index contributed by atoms with van der Waals surface area (Å²) in [6.07, 6.45) is 0.626. The minimum absolute atomic E-state index is 0.137. The Morgan fingerprint density at radius 3 is 2.80 bits per heavy atom. The third-order valence-corrected chi connectivity index (χ3v) is 2.05. The molecule has 0 fully saturated rings. The molecule has 4 nitrogen and oxygen atoms in total. The van der Waals surface area contributed by atoms with Gasteiger partial charge in [-0.1, -0.05) is 6.07 Å². The molecule has 1 aromatic rings. The summed E-state index contributed by atoms with van der Waals surface area (Å²) in [6.45, 7) is 1.08. The van der Waals surface area contributed by atoms with Gasteiger partial charge in [0.2, 0.25) is 0 Å². The first-order valence-electron chi connectivity index (χ1n) is 4.92. The van der Waals surface area contributed by atoms with E-state index in [1.807, 2.05) is 12.1 Å². The van der Waals surface area contributed by atoms with E-state index < -0.39 is 0 Å². The first-order chi connectivity index (χ1) is 7.31. The van der Waals surface area contributed by atoms with E-state index in [4.69, 9.17) is 20.3 Å². The van der Waals surface area contributed by atoms with Crippen molar-refractivity contribution in [2.24, 2.45) is 5.73 Å². The first kappa shape index (κ1) is 11.8. The first-order valence-corrected chi connectivity index (χ1v) is 4.92. The molecule has 3 N–H and O–H groups in total. The van der Waals surface area contributed by atoms with Gasteiger partial charge in [0, 0.05) is 31.2 Å². The number of nitrogens with two attached hydrogens (primary N) is 1. The van der Waals surface area contributed by atoms with Gasteiger partial charge in [0.05, 0.1) is 13.7 Å². The molecule has 0 bridgehead atoms. The Kier molecular flexibility index (Phi) is 4.93. The zero-order valence-corrected chi connectivity index (χ0v) is 8.90. The number of rotatable bonds is 6. The van der Waals surface area contributed by atoms with Crippen molar-refractivity contribution in [2.45, 2.75) is 13.0 Å². The summed E-state index contributed by atoms with van der Waals surface area (Å²) in [5.41, 5.74) is 6.49. The molecule has 1 aromatic carbocycles. The Hall–Kier alpha value is -1.26. The van der Waals surface area contributed by atoms with E-state index in [1.54, 1.807) is 13.2 Å². The maximum atomic E-state index is 8.61. The van der Waals surface area contributed by atoms with Crippen LogP contribution in [0.2, 0.25) is 0 Å². The molecule has 0 aromatic heterocycles. The molecule has 0 amide bonds. The lowest BCUT2D eigenvalue weighted by Crippen LogP contribution is -2.02. The smallest absolute Gasteiger partial charge is 0.127 e. The van der Waals surface area contributed by atoms with Crippen LogP contribution in [0.5, 0.6) is 11.5 Å². The van der Waals surface area contributed by atoms with Crippen LogP contribution in [0, 0.1) is 0 Å². The molecule has 0 aliphatic carbocycles. The summed E-state index contributed by atoms with van der Waals surface area (Å²) >= 11 is 0. The molecule has 0 saturated heterocycles. The highest BCUT2D eigenvalue weighted by Gasteiger charge is 2.03. The SMILES string of the molecule is COc1cc(OCCCO)ccc1CN. The van der Waals surface area contributed by atoms with Gasteiger partial charge in [0.15, 0.2) is 0 Å². The molecule has 84 valence electrons.